The molecule has 3 heterocycles. The van der Waals surface area contributed by atoms with Gasteiger partial charge in [0.2, 0.25) is 16.4 Å². The van der Waals surface area contributed by atoms with Crippen LogP contribution < -0.4 is 14.8 Å². The number of fused-ring (bicyclic) bond motifs is 1. The molecule has 3 saturated heterocycles. The number of ether oxygens (including phenoxy) is 5. The minimum atomic E-state index is -4.40. The molecule has 3 fully saturated rings. The summed E-state index contributed by atoms with van der Waals surface area (Å²) < 4.78 is 67.7. The molecule has 18 heteroatoms. The van der Waals surface area contributed by atoms with E-state index in [2.05, 4.69) is 5.32 Å². The Morgan fingerprint density at radius 1 is 1.08 bits per heavy atom. The normalized spacial score (nSPS) is 22.5. The van der Waals surface area contributed by atoms with Gasteiger partial charge < -0.3 is 48.8 Å². The highest BCUT2D eigenvalue weighted by Gasteiger charge is 2.44. The smallest absolute Gasteiger partial charge is 0.407 e. The average molecular weight is 742 g/mol. The molecule has 2 aromatic carbocycles. The van der Waals surface area contributed by atoms with E-state index in [1.807, 2.05) is 0 Å². The number of nitrogens with one attached hydrogen (secondary N) is 1. The minimum Gasteiger partial charge on any atom is -0.497 e. The number of nitrogens with zero attached hydrogens (tertiary/aromatic N) is 2. The van der Waals surface area contributed by atoms with E-state index in [0.29, 0.717) is 50.3 Å². The number of alkyl carbamates (subject to hydrolysis) is 1. The predicted octanol–water partition coefficient (Wildman–Crippen LogP) is 1.53. The zero-order valence-electron chi connectivity index (χ0n) is 27.6. The minimum absolute atomic E-state index is 0.000195. The molecule has 5 atom stereocenters. The molecule has 0 aliphatic carbocycles. The van der Waals surface area contributed by atoms with Crippen molar-refractivity contribution in [3.05, 3.63) is 54.1 Å². The summed E-state index contributed by atoms with van der Waals surface area (Å²) >= 11 is 0. The number of hydrogen-bond acceptors (Lipinski definition) is 11. The lowest BCUT2D eigenvalue weighted by atomic mass is 9.96. The van der Waals surface area contributed by atoms with Crippen LogP contribution in [0.5, 0.6) is 11.5 Å². The largest absolute Gasteiger partial charge is 0.497 e. The van der Waals surface area contributed by atoms with Gasteiger partial charge in [-0.25, -0.2) is 13.2 Å². The molecule has 0 saturated carbocycles. The molecule has 1 unspecified atom stereocenters. The van der Waals surface area contributed by atoms with Gasteiger partial charge in [-0.3, -0.25) is 9.36 Å². The van der Waals surface area contributed by atoms with Crippen LogP contribution in [0.4, 0.5) is 4.79 Å². The first-order chi connectivity index (χ1) is 23.8. The van der Waals surface area contributed by atoms with Gasteiger partial charge in [-0.15, -0.1) is 0 Å². The summed E-state index contributed by atoms with van der Waals surface area (Å²) in [6.07, 6.45) is -1.42. The van der Waals surface area contributed by atoms with Gasteiger partial charge in [0.15, 0.2) is 12.6 Å². The van der Waals surface area contributed by atoms with E-state index < -0.39 is 54.6 Å². The summed E-state index contributed by atoms with van der Waals surface area (Å²) in [5.74, 6) is 0.461. The first kappa shape index (κ1) is 38.0. The number of carbonyl (C=O) groups excluding carboxylic acids is 2. The lowest BCUT2D eigenvalue weighted by Gasteiger charge is -2.35. The van der Waals surface area contributed by atoms with Gasteiger partial charge in [-0.05, 0) is 73.6 Å². The van der Waals surface area contributed by atoms with Gasteiger partial charge in [0.25, 0.3) is 0 Å². The summed E-state index contributed by atoms with van der Waals surface area (Å²) in [4.78, 5) is 44.4. The van der Waals surface area contributed by atoms with Crippen molar-refractivity contribution in [1.82, 2.24) is 14.5 Å². The summed E-state index contributed by atoms with van der Waals surface area (Å²) in [6.45, 7) is 1.30. The van der Waals surface area contributed by atoms with Crippen LogP contribution in [0.2, 0.25) is 0 Å². The fraction of sp³-hybridized carbons (Fsp3) is 0.562. The average Bonchev–Trinajstić information content (AvgIpc) is 3.72. The number of sulfonamides is 1. The number of benzene rings is 2. The van der Waals surface area contributed by atoms with Crippen LogP contribution in [-0.2, 0) is 40.0 Å². The topological polar surface area (TPSA) is 211 Å². The van der Waals surface area contributed by atoms with Gasteiger partial charge >= 0.3 is 13.7 Å². The van der Waals surface area contributed by atoms with Gasteiger partial charge in [0, 0.05) is 26.2 Å². The van der Waals surface area contributed by atoms with E-state index in [4.69, 9.17) is 33.5 Å². The maximum atomic E-state index is 14.1. The van der Waals surface area contributed by atoms with E-state index in [1.165, 1.54) is 47.8 Å². The lowest BCUT2D eigenvalue weighted by Crippen LogP contribution is -2.52. The fourth-order valence-electron chi connectivity index (χ4n) is 6.32. The molecule has 2 amide bonds. The molecule has 0 bridgehead atoms. The van der Waals surface area contributed by atoms with E-state index in [0.717, 1.165) is 6.41 Å². The molecule has 2 aromatic rings. The first-order valence-electron chi connectivity index (χ1n) is 16.3. The Labute approximate surface area is 290 Å². The number of amides is 2. The van der Waals surface area contributed by atoms with Gasteiger partial charge in [-0.1, -0.05) is 12.1 Å². The van der Waals surface area contributed by atoms with Gasteiger partial charge in [-0.2, -0.15) is 4.31 Å². The van der Waals surface area contributed by atoms with Crippen LogP contribution in [0.1, 0.15) is 24.8 Å². The number of likely N-dealkylation sites (tertiary alicyclic amines) is 1. The highest BCUT2D eigenvalue weighted by atomic mass is 32.2. The number of hydrogen-bond donors (Lipinski definition) is 4. The van der Waals surface area contributed by atoms with Crippen molar-refractivity contribution in [2.75, 3.05) is 52.9 Å². The number of methoxy groups -OCH3 is 1. The fourth-order valence-corrected chi connectivity index (χ4v) is 8.17. The number of rotatable bonds is 16. The third-order valence-electron chi connectivity index (χ3n) is 9.14. The number of carbonyl (C=O) groups is 2. The van der Waals surface area contributed by atoms with Crippen molar-refractivity contribution < 1.29 is 61.1 Å². The third-order valence-corrected chi connectivity index (χ3v) is 11.4. The molecule has 0 aromatic heterocycles. The molecular formula is C32H44N3O13PS. The maximum absolute atomic E-state index is 14.1. The third kappa shape index (κ3) is 10.2. The quantitative estimate of drug-likeness (QED) is 0.142. The molecule has 0 spiro atoms. The van der Waals surface area contributed by atoms with E-state index >= 15 is 0 Å². The number of aliphatic hydroxyl groups excluding tert-OH is 1. The van der Waals surface area contributed by atoms with Crippen LogP contribution >= 0.6 is 7.60 Å². The first-order valence-corrected chi connectivity index (χ1v) is 19.6. The van der Waals surface area contributed by atoms with Crippen LogP contribution in [-0.4, -0.2) is 122 Å². The molecule has 0 radical (unpaired) electrons. The Kier molecular flexibility index (Phi) is 12.8. The zero-order chi connectivity index (χ0) is 35.9. The molecule has 16 nitrogen and oxygen atoms in total. The van der Waals surface area contributed by atoms with Crippen molar-refractivity contribution in [3.8, 4) is 11.5 Å². The lowest BCUT2D eigenvalue weighted by molar-refractivity contribution is -0.119. The SMILES string of the molecule is COc1ccc(S(=O)(=O)N(CC2CCN(C=O)CC2)C[C@@H](O)[C@H](Cc2ccc(OCP(=O)(O)O)cc2)NC(=O)OC2CO[C@H]3OCC[C@@H]23)cc1. The molecular weight excluding hydrogens is 697 g/mol. The molecule has 3 aliphatic rings. The van der Waals surface area contributed by atoms with Crippen molar-refractivity contribution in [1.29, 1.82) is 0 Å². The molecule has 276 valence electrons. The summed E-state index contributed by atoms with van der Waals surface area (Å²) in [7, 11) is -7.07. The highest BCUT2D eigenvalue weighted by Crippen LogP contribution is 2.35. The molecule has 50 heavy (non-hydrogen) atoms. The summed E-state index contributed by atoms with van der Waals surface area (Å²) in [5.41, 5.74) is 0.608. The standard InChI is InChI=1S/C32H44N3O13PS/c1-44-24-6-8-26(9-7-24)50(42,43)35(17-23-10-13-34(20-36)14-11-23)18-29(37)28(16-22-2-4-25(5-3-22)47-21-49(39,40)41)33-32(38)48-30-19-46-31-27(30)12-15-45-31/h2-9,20,23,27-31,37H,10-19,21H2,1H3,(H,33,38)(H2,39,40,41)/t27-,28-,29+,30?,31+/m0/s1. The van der Waals surface area contributed by atoms with Crippen molar-refractivity contribution >= 4 is 30.1 Å². The molecule has 3 aliphatic heterocycles. The Hall–Kier alpha value is -3.28. The Morgan fingerprint density at radius 3 is 2.40 bits per heavy atom. The van der Waals surface area contributed by atoms with Crippen LogP contribution in [0.15, 0.2) is 53.4 Å². The Bertz CT molecular complexity index is 1580. The van der Waals surface area contributed by atoms with Crippen LogP contribution in [0.3, 0.4) is 0 Å². The van der Waals surface area contributed by atoms with Crippen molar-refractivity contribution in [2.24, 2.45) is 11.8 Å². The molecule has 5 rings (SSSR count). The summed E-state index contributed by atoms with van der Waals surface area (Å²) in [6, 6.07) is 11.1. The van der Waals surface area contributed by atoms with Crippen LogP contribution in [0.25, 0.3) is 0 Å². The van der Waals surface area contributed by atoms with Crippen molar-refractivity contribution in [2.45, 2.75) is 55.1 Å². The second-order valence-electron chi connectivity index (χ2n) is 12.7. The second kappa shape index (κ2) is 16.8. The van der Waals surface area contributed by atoms with Gasteiger partial charge in [0.05, 0.1) is 43.3 Å². The second-order valence-corrected chi connectivity index (χ2v) is 16.2. The Morgan fingerprint density at radius 2 is 1.76 bits per heavy atom. The molecule has 4 N–H and O–H groups in total. The van der Waals surface area contributed by atoms with Gasteiger partial charge in [0.1, 0.15) is 17.6 Å². The number of aliphatic hydroxyl groups is 1. The Balaban J connectivity index is 1.36. The highest BCUT2D eigenvalue weighted by molar-refractivity contribution is 7.89. The monoisotopic (exact) mass is 741 g/mol. The zero-order valence-corrected chi connectivity index (χ0v) is 29.3. The maximum Gasteiger partial charge on any atom is 0.407 e. The predicted molar refractivity (Wildman–Crippen MR) is 177 cm³/mol. The number of piperidine rings is 1. The van der Waals surface area contributed by atoms with E-state index in [1.54, 1.807) is 17.0 Å². The summed E-state index contributed by atoms with van der Waals surface area (Å²) in [5, 5.41) is 14.5. The van der Waals surface area contributed by atoms with Crippen molar-refractivity contribution in [3.63, 3.8) is 0 Å². The van der Waals surface area contributed by atoms with Crippen LogP contribution in [0, 0.1) is 11.8 Å². The van der Waals surface area contributed by atoms with E-state index in [9.17, 15) is 27.7 Å². The van der Waals surface area contributed by atoms with E-state index in [-0.39, 0.29) is 48.6 Å².